The summed E-state index contributed by atoms with van der Waals surface area (Å²) in [6.45, 7) is 5.74. The lowest BCUT2D eigenvalue weighted by molar-refractivity contribution is 0.493. The third-order valence-corrected chi connectivity index (χ3v) is 4.96. The summed E-state index contributed by atoms with van der Waals surface area (Å²) in [5.74, 6) is 3.50. The van der Waals surface area contributed by atoms with E-state index in [1.807, 2.05) is 4.52 Å². The van der Waals surface area contributed by atoms with Gasteiger partial charge in [-0.3, -0.25) is 0 Å². The van der Waals surface area contributed by atoms with Crippen LogP contribution in [0.25, 0.3) is 5.65 Å². The molecule has 2 aromatic heterocycles. The molecule has 5 heteroatoms. The molecular weight excluding hydrogens is 274 g/mol. The maximum Gasteiger partial charge on any atom is 0.178 e. The average Bonchev–Trinajstić information content (AvgIpc) is 3.10. The molecule has 2 aromatic rings. The Balaban J connectivity index is 1.60. The first-order chi connectivity index (χ1) is 10.7. The van der Waals surface area contributed by atoms with Crippen LogP contribution in [0.15, 0.2) is 12.1 Å². The third kappa shape index (κ3) is 2.57. The van der Waals surface area contributed by atoms with Crippen molar-refractivity contribution in [3.8, 4) is 0 Å². The van der Waals surface area contributed by atoms with E-state index in [9.17, 15) is 0 Å². The molecule has 0 amide bonds. The fourth-order valence-corrected chi connectivity index (χ4v) is 3.51. The van der Waals surface area contributed by atoms with Gasteiger partial charge in [-0.1, -0.05) is 13.8 Å². The van der Waals surface area contributed by atoms with Crippen LogP contribution in [0.4, 0.5) is 5.82 Å². The fourth-order valence-electron chi connectivity index (χ4n) is 3.51. The van der Waals surface area contributed by atoms with Crippen molar-refractivity contribution in [2.24, 2.45) is 5.92 Å². The van der Waals surface area contributed by atoms with Gasteiger partial charge in [0.05, 0.1) is 0 Å². The van der Waals surface area contributed by atoms with Gasteiger partial charge in [-0.05, 0) is 56.6 Å². The van der Waals surface area contributed by atoms with E-state index in [0.717, 1.165) is 29.8 Å². The maximum absolute atomic E-state index is 4.87. The van der Waals surface area contributed by atoms with E-state index in [0.29, 0.717) is 12.0 Å². The molecule has 1 saturated carbocycles. The van der Waals surface area contributed by atoms with Gasteiger partial charge in [0.25, 0.3) is 0 Å². The van der Waals surface area contributed by atoms with Crippen LogP contribution < -0.4 is 4.90 Å². The van der Waals surface area contributed by atoms with Crippen LogP contribution in [0, 0.1) is 5.92 Å². The Kier molecular flexibility index (Phi) is 3.51. The van der Waals surface area contributed by atoms with Crippen molar-refractivity contribution < 1.29 is 0 Å². The molecule has 0 bridgehead atoms. The minimum Gasteiger partial charge on any atom is -0.352 e. The predicted octanol–water partition coefficient (Wildman–Crippen LogP) is 3.41. The molecule has 1 aliphatic heterocycles. The average molecular weight is 299 g/mol. The second-order valence-corrected chi connectivity index (χ2v) is 7.25. The highest BCUT2D eigenvalue weighted by molar-refractivity contribution is 5.47. The molecule has 118 valence electrons. The number of nitrogens with zero attached hydrogens (tertiary/aromatic N) is 5. The summed E-state index contributed by atoms with van der Waals surface area (Å²) in [5, 5.41) is 13.5. The van der Waals surface area contributed by atoms with Gasteiger partial charge in [-0.2, -0.15) is 4.52 Å². The lowest BCUT2D eigenvalue weighted by Gasteiger charge is -2.26. The van der Waals surface area contributed by atoms with Crippen LogP contribution in [0.2, 0.25) is 0 Å². The van der Waals surface area contributed by atoms with Crippen molar-refractivity contribution in [2.45, 2.75) is 64.3 Å². The van der Waals surface area contributed by atoms with E-state index < -0.39 is 0 Å². The van der Waals surface area contributed by atoms with Crippen LogP contribution in [0.1, 0.15) is 64.1 Å². The Morgan fingerprint density at radius 3 is 2.82 bits per heavy atom. The first kappa shape index (κ1) is 14.0. The number of aromatic nitrogens is 4. The lowest BCUT2D eigenvalue weighted by atomic mass is 10.0. The van der Waals surface area contributed by atoms with Crippen molar-refractivity contribution in [3.05, 3.63) is 18.0 Å². The molecule has 3 heterocycles. The molecule has 1 unspecified atom stereocenters. The van der Waals surface area contributed by atoms with Crippen LogP contribution in [-0.2, 0) is 0 Å². The van der Waals surface area contributed by atoms with Crippen molar-refractivity contribution in [1.82, 2.24) is 19.8 Å². The summed E-state index contributed by atoms with van der Waals surface area (Å²) in [6, 6.07) is 4.83. The smallest absolute Gasteiger partial charge is 0.178 e. The highest BCUT2D eigenvalue weighted by Crippen LogP contribution is 2.39. The van der Waals surface area contributed by atoms with Gasteiger partial charge < -0.3 is 4.90 Å². The summed E-state index contributed by atoms with van der Waals surface area (Å²) < 4.78 is 1.98. The Bertz CT molecular complexity index is 658. The Morgan fingerprint density at radius 2 is 2.05 bits per heavy atom. The monoisotopic (exact) mass is 299 g/mol. The molecule has 2 aliphatic rings. The van der Waals surface area contributed by atoms with E-state index in [-0.39, 0.29) is 0 Å². The summed E-state index contributed by atoms with van der Waals surface area (Å²) in [4.78, 5) is 2.50. The number of hydrogen-bond acceptors (Lipinski definition) is 4. The van der Waals surface area contributed by atoms with Crippen LogP contribution in [0.5, 0.6) is 0 Å². The third-order valence-electron chi connectivity index (χ3n) is 4.96. The highest BCUT2D eigenvalue weighted by Gasteiger charge is 2.30. The molecule has 5 nitrogen and oxygen atoms in total. The molecule has 0 N–H and O–H groups in total. The van der Waals surface area contributed by atoms with Gasteiger partial charge >= 0.3 is 0 Å². The first-order valence-corrected chi connectivity index (χ1v) is 8.71. The second-order valence-electron chi connectivity index (χ2n) is 7.25. The predicted molar refractivity (Wildman–Crippen MR) is 87.2 cm³/mol. The number of rotatable bonds is 5. The van der Waals surface area contributed by atoms with Crippen molar-refractivity contribution >= 4 is 11.5 Å². The largest absolute Gasteiger partial charge is 0.352 e. The van der Waals surface area contributed by atoms with Crippen molar-refractivity contribution in [3.63, 3.8) is 0 Å². The van der Waals surface area contributed by atoms with Gasteiger partial charge in [0.1, 0.15) is 5.82 Å². The molecule has 1 aliphatic carbocycles. The summed E-state index contributed by atoms with van der Waals surface area (Å²) in [6.07, 6.45) is 7.60. The fraction of sp³-hybridized carbons (Fsp3) is 0.706. The van der Waals surface area contributed by atoms with Crippen LogP contribution in [0.3, 0.4) is 0 Å². The SMILES string of the molecule is CC(C)CCC1CCCN1c1ccc2nnc(C3CC3)n2n1. The van der Waals surface area contributed by atoms with Gasteiger partial charge in [0.2, 0.25) is 0 Å². The zero-order valence-corrected chi connectivity index (χ0v) is 13.6. The van der Waals surface area contributed by atoms with E-state index in [1.165, 1.54) is 38.5 Å². The summed E-state index contributed by atoms with van der Waals surface area (Å²) in [7, 11) is 0. The van der Waals surface area contributed by atoms with Gasteiger partial charge in [-0.15, -0.1) is 15.3 Å². The van der Waals surface area contributed by atoms with Crippen LogP contribution in [-0.4, -0.2) is 32.4 Å². The Morgan fingerprint density at radius 1 is 1.18 bits per heavy atom. The molecule has 1 atom stereocenters. The van der Waals surface area contributed by atoms with Gasteiger partial charge in [-0.25, -0.2) is 0 Å². The molecule has 4 rings (SSSR count). The standard InChI is InChI=1S/C17H25N5/c1-12(2)5-8-14-4-3-11-21(14)16-10-9-15-18-19-17(13-6-7-13)22(15)20-16/h9-10,12-14H,3-8,11H2,1-2H3. The normalized spacial score (nSPS) is 22.1. The lowest BCUT2D eigenvalue weighted by Crippen LogP contribution is -2.30. The van der Waals surface area contributed by atoms with Gasteiger partial charge in [0.15, 0.2) is 11.5 Å². The van der Waals surface area contributed by atoms with Gasteiger partial charge in [0, 0.05) is 18.5 Å². The van der Waals surface area contributed by atoms with E-state index in [1.54, 1.807) is 0 Å². The highest BCUT2D eigenvalue weighted by atomic mass is 15.4. The quantitative estimate of drug-likeness (QED) is 0.849. The summed E-state index contributed by atoms with van der Waals surface area (Å²) >= 11 is 0. The van der Waals surface area contributed by atoms with Crippen molar-refractivity contribution in [1.29, 1.82) is 0 Å². The van der Waals surface area contributed by atoms with Crippen molar-refractivity contribution in [2.75, 3.05) is 11.4 Å². The molecule has 2 fully saturated rings. The number of hydrogen-bond donors (Lipinski definition) is 0. The Hall–Kier alpha value is -1.65. The minimum atomic E-state index is 0.577. The molecule has 22 heavy (non-hydrogen) atoms. The molecule has 1 saturated heterocycles. The van der Waals surface area contributed by atoms with Crippen LogP contribution >= 0.6 is 0 Å². The number of fused-ring (bicyclic) bond motifs is 1. The minimum absolute atomic E-state index is 0.577. The zero-order valence-electron chi connectivity index (χ0n) is 13.6. The van der Waals surface area contributed by atoms with E-state index in [2.05, 4.69) is 41.1 Å². The first-order valence-electron chi connectivity index (χ1n) is 8.71. The topological polar surface area (TPSA) is 46.3 Å². The number of anilines is 1. The van der Waals surface area contributed by atoms with E-state index >= 15 is 0 Å². The summed E-state index contributed by atoms with van der Waals surface area (Å²) in [5.41, 5.74) is 0.878. The second kappa shape index (κ2) is 5.52. The molecule has 0 spiro atoms. The molecule has 0 aromatic carbocycles. The van der Waals surface area contributed by atoms with E-state index in [4.69, 9.17) is 5.10 Å². The zero-order chi connectivity index (χ0) is 15.1. The molecular formula is C17H25N5. The molecule has 0 radical (unpaired) electrons. The Labute approximate surface area is 131 Å². The maximum atomic E-state index is 4.87.